The molecule has 0 amide bonds. The standard InChI is InChI=1S/C11H16F3NO2/c1-15-6-9-5-10(17-7-9)8-16-4-2-3-11(12,13)14/h5,7,15H,2-4,6,8H2,1H3. The molecule has 1 aromatic rings. The van der Waals surface area contributed by atoms with E-state index < -0.39 is 12.6 Å². The smallest absolute Gasteiger partial charge is 0.389 e. The Labute approximate surface area is 97.9 Å². The summed E-state index contributed by atoms with van der Waals surface area (Å²) in [6, 6.07) is 1.82. The second-order valence-electron chi connectivity index (χ2n) is 3.72. The van der Waals surface area contributed by atoms with Crippen LogP contribution in [0.2, 0.25) is 0 Å². The van der Waals surface area contributed by atoms with Gasteiger partial charge in [-0.25, -0.2) is 0 Å². The largest absolute Gasteiger partial charge is 0.467 e. The monoisotopic (exact) mass is 251 g/mol. The number of hydrogen-bond donors (Lipinski definition) is 1. The van der Waals surface area contributed by atoms with Crippen molar-refractivity contribution in [1.29, 1.82) is 0 Å². The minimum atomic E-state index is -4.10. The molecule has 0 spiro atoms. The third-order valence-electron chi connectivity index (χ3n) is 2.08. The van der Waals surface area contributed by atoms with E-state index in [9.17, 15) is 13.2 Å². The predicted molar refractivity (Wildman–Crippen MR) is 56.4 cm³/mol. The fourth-order valence-corrected chi connectivity index (χ4v) is 1.35. The zero-order valence-corrected chi connectivity index (χ0v) is 9.64. The van der Waals surface area contributed by atoms with Crippen LogP contribution in [0.25, 0.3) is 0 Å². The van der Waals surface area contributed by atoms with Crippen LogP contribution in [-0.4, -0.2) is 19.8 Å². The van der Waals surface area contributed by atoms with Gasteiger partial charge in [0.1, 0.15) is 12.4 Å². The molecule has 0 saturated carbocycles. The summed E-state index contributed by atoms with van der Waals surface area (Å²) in [7, 11) is 1.82. The predicted octanol–water partition coefficient (Wildman–Crippen LogP) is 2.86. The van der Waals surface area contributed by atoms with Crippen molar-refractivity contribution in [2.24, 2.45) is 0 Å². The first-order chi connectivity index (χ1) is 8.01. The van der Waals surface area contributed by atoms with Crippen LogP contribution in [0.3, 0.4) is 0 Å². The Morgan fingerprint density at radius 3 is 2.82 bits per heavy atom. The molecule has 0 saturated heterocycles. The summed E-state index contributed by atoms with van der Waals surface area (Å²) >= 11 is 0. The maximum absolute atomic E-state index is 11.8. The van der Waals surface area contributed by atoms with Gasteiger partial charge in [0.15, 0.2) is 0 Å². The molecular weight excluding hydrogens is 235 g/mol. The molecule has 0 aliphatic heterocycles. The van der Waals surface area contributed by atoms with Crippen molar-refractivity contribution < 1.29 is 22.3 Å². The number of hydrogen-bond acceptors (Lipinski definition) is 3. The second-order valence-corrected chi connectivity index (χ2v) is 3.72. The molecular formula is C11H16F3NO2. The highest BCUT2D eigenvalue weighted by molar-refractivity contribution is 5.11. The highest BCUT2D eigenvalue weighted by Crippen LogP contribution is 2.21. The fourth-order valence-electron chi connectivity index (χ4n) is 1.35. The third kappa shape index (κ3) is 6.33. The van der Waals surface area contributed by atoms with Crippen molar-refractivity contribution in [3.8, 4) is 0 Å². The maximum atomic E-state index is 11.8. The van der Waals surface area contributed by atoms with Crippen LogP contribution in [0.4, 0.5) is 13.2 Å². The van der Waals surface area contributed by atoms with Gasteiger partial charge in [0.2, 0.25) is 0 Å². The van der Waals surface area contributed by atoms with Crippen LogP contribution in [0, 0.1) is 0 Å². The van der Waals surface area contributed by atoms with Crippen molar-refractivity contribution in [2.45, 2.75) is 32.2 Å². The first-order valence-corrected chi connectivity index (χ1v) is 5.36. The molecule has 6 heteroatoms. The van der Waals surface area contributed by atoms with E-state index in [0.29, 0.717) is 12.3 Å². The van der Waals surface area contributed by atoms with E-state index in [1.165, 1.54) is 0 Å². The zero-order chi connectivity index (χ0) is 12.7. The molecule has 1 rings (SSSR count). The summed E-state index contributed by atoms with van der Waals surface area (Å²) < 4.78 is 45.7. The molecule has 0 radical (unpaired) electrons. The fraction of sp³-hybridized carbons (Fsp3) is 0.636. The third-order valence-corrected chi connectivity index (χ3v) is 2.08. The van der Waals surface area contributed by atoms with Gasteiger partial charge in [-0.2, -0.15) is 13.2 Å². The summed E-state index contributed by atoms with van der Waals surface area (Å²) in [5, 5.41) is 2.96. The van der Waals surface area contributed by atoms with Gasteiger partial charge in [0, 0.05) is 25.1 Å². The number of halogens is 3. The first-order valence-electron chi connectivity index (χ1n) is 5.36. The van der Waals surface area contributed by atoms with Crippen LogP contribution in [-0.2, 0) is 17.9 Å². The molecule has 1 aromatic heterocycles. The van der Waals surface area contributed by atoms with Crippen molar-refractivity contribution in [1.82, 2.24) is 5.32 Å². The summed E-state index contributed by atoms with van der Waals surface area (Å²) in [5.74, 6) is 0.627. The summed E-state index contributed by atoms with van der Waals surface area (Å²) in [4.78, 5) is 0. The van der Waals surface area contributed by atoms with Gasteiger partial charge in [0.05, 0.1) is 6.26 Å². The van der Waals surface area contributed by atoms with Gasteiger partial charge < -0.3 is 14.5 Å². The van der Waals surface area contributed by atoms with E-state index in [1.54, 1.807) is 6.26 Å². The molecule has 3 nitrogen and oxygen atoms in total. The molecule has 98 valence electrons. The Hall–Kier alpha value is -1.01. The van der Waals surface area contributed by atoms with Crippen molar-refractivity contribution >= 4 is 0 Å². The van der Waals surface area contributed by atoms with Crippen molar-refractivity contribution in [3.63, 3.8) is 0 Å². The van der Waals surface area contributed by atoms with Gasteiger partial charge in [-0.15, -0.1) is 0 Å². The maximum Gasteiger partial charge on any atom is 0.389 e. The highest BCUT2D eigenvalue weighted by atomic mass is 19.4. The highest BCUT2D eigenvalue weighted by Gasteiger charge is 2.25. The molecule has 17 heavy (non-hydrogen) atoms. The number of rotatable bonds is 7. The van der Waals surface area contributed by atoms with E-state index in [4.69, 9.17) is 9.15 Å². The zero-order valence-electron chi connectivity index (χ0n) is 9.64. The molecule has 0 bridgehead atoms. The number of ether oxygens (including phenoxy) is 1. The Morgan fingerprint density at radius 2 is 2.18 bits per heavy atom. The van der Waals surface area contributed by atoms with E-state index >= 15 is 0 Å². The van der Waals surface area contributed by atoms with E-state index in [1.807, 2.05) is 13.1 Å². The SMILES string of the molecule is CNCc1coc(COCCCC(F)(F)F)c1. The van der Waals surface area contributed by atoms with Gasteiger partial charge in [-0.3, -0.25) is 0 Å². The van der Waals surface area contributed by atoms with Crippen LogP contribution in [0.1, 0.15) is 24.2 Å². The van der Waals surface area contributed by atoms with Crippen LogP contribution >= 0.6 is 0 Å². The average Bonchev–Trinajstić information content (AvgIpc) is 2.64. The summed E-state index contributed by atoms with van der Waals surface area (Å²) in [6.45, 7) is 0.987. The molecule has 0 unspecified atom stereocenters. The minimum absolute atomic E-state index is 0.0203. The Balaban J connectivity index is 2.13. The topological polar surface area (TPSA) is 34.4 Å². The number of alkyl halides is 3. The van der Waals surface area contributed by atoms with Gasteiger partial charge in [-0.05, 0) is 19.5 Å². The number of nitrogens with one attached hydrogen (secondary N) is 1. The van der Waals surface area contributed by atoms with E-state index in [2.05, 4.69) is 5.32 Å². The average molecular weight is 251 g/mol. The molecule has 0 aliphatic carbocycles. The molecule has 0 atom stereocenters. The Morgan fingerprint density at radius 1 is 1.41 bits per heavy atom. The quantitative estimate of drug-likeness (QED) is 0.757. The summed E-state index contributed by atoms with van der Waals surface area (Å²) in [5.41, 5.74) is 0.987. The van der Waals surface area contributed by atoms with Crippen molar-refractivity contribution in [2.75, 3.05) is 13.7 Å². The second kappa shape index (κ2) is 6.66. The molecule has 0 aliphatic rings. The van der Waals surface area contributed by atoms with E-state index in [0.717, 1.165) is 5.56 Å². The van der Waals surface area contributed by atoms with Crippen molar-refractivity contribution in [3.05, 3.63) is 23.7 Å². The Kier molecular flexibility index (Phi) is 5.50. The molecule has 1 N–H and O–H groups in total. The minimum Gasteiger partial charge on any atom is -0.467 e. The van der Waals surface area contributed by atoms with Crippen LogP contribution in [0.15, 0.2) is 16.7 Å². The lowest BCUT2D eigenvalue weighted by Crippen LogP contribution is -2.08. The first kappa shape index (κ1) is 14.1. The van der Waals surface area contributed by atoms with Gasteiger partial charge in [0.25, 0.3) is 0 Å². The van der Waals surface area contributed by atoms with Crippen LogP contribution < -0.4 is 5.32 Å². The lowest BCUT2D eigenvalue weighted by atomic mass is 10.3. The molecule has 1 heterocycles. The Bertz CT molecular complexity index is 323. The van der Waals surface area contributed by atoms with Gasteiger partial charge >= 0.3 is 6.18 Å². The lowest BCUT2D eigenvalue weighted by molar-refractivity contribution is -0.138. The number of furan rings is 1. The van der Waals surface area contributed by atoms with Gasteiger partial charge in [-0.1, -0.05) is 0 Å². The summed E-state index contributed by atoms with van der Waals surface area (Å²) in [6.07, 6.45) is -3.33. The normalized spacial score (nSPS) is 12.0. The van der Waals surface area contributed by atoms with E-state index in [-0.39, 0.29) is 19.6 Å². The lowest BCUT2D eigenvalue weighted by Gasteiger charge is -2.05. The molecule has 0 fully saturated rings. The molecule has 0 aromatic carbocycles. The van der Waals surface area contributed by atoms with Crippen LogP contribution in [0.5, 0.6) is 0 Å².